The summed E-state index contributed by atoms with van der Waals surface area (Å²) in [5, 5.41) is 13.8. The number of thiophene rings is 1. The van der Waals surface area contributed by atoms with Crippen LogP contribution < -0.4 is 10.1 Å². The van der Waals surface area contributed by atoms with Crippen LogP contribution in [-0.4, -0.2) is 39.0 Å². The summed E-state index contributed by atoms with van der Waals surface area (Å²) < 4.78 is 39.9. The molecule has 0 aliphatic heterocycles. The van der Waals surface area contributed by atoms with Crippen LogP contribution in [0.2, 0.25) is 0 Å². The average molecular weight is 573 g/mol. The fourth-order valence-corrected chi connectivity index (χ4v) is 5.58. The third-order valence-corrected chi connectivity index (χ3v) is 7.43. The molecule has 4 aromatic rings. The van der Waals surface area contributed by atoms with E-state index in [1.165, 1.54) is 17.4 Å². The maximum Gasteiger partial charge on any atom is 0.341 e. The van der Waals surface area contributed by atoms with Crippen molar-refractivity contribution in [3.8, 4) is 16.9 Å². The molecule has 204 valence electrons. The second-order valence-corrected chi connectivity index (χ2v) is 10.0. The first-order valence-electron chi connectivity index (χ1n) is 12.1. The molecule has 0 spiro atoms. The fraction of sp³-hybridized carbons (Fsp3) is 0.259. The molecule has 2 heterocycles. The number of nitrogens with zero attached hydrogens (tertiary/aromatic N) is 3. The quantitative estimate of drug-likeness (QED) is 0.165. The summed E-state index contributed by atoms with van der Waals surface area (Å²) in [5.74, 6) is -2.04. The standard InChI is InChI=1S/C27H26F2N4O4S2/c1-4-33-24(16(3)37-21-12-11-18(28)13-20(21)29)31-32-27(33)39-15-22(34)30-25-23(26(35)36-5-2)19(14-38-25)17-9-7-6-8-10-17/h6-14,16H,4-5,15H2,1-3H3,(H,30,34). The van der Waals surface area contributed by atoms with E-state index >= 15 is 0 Å². The second kappa shape index (κ2) is 12.9. The van der Waals surface area contributed by atoms with Crippen molar-refractivity contribution in [3.63, 3.8) is 0 Å². The monoisotopic (exact) mass is 572 g/mol. The van der Waals surface area contributed by atoms with Crippen molar-refractivity contribution in [2.45, 2.75) is 38.6 Å². The summed E-state index contributed by atoms with van der Waals surface area (Å²) in [7, 11) is 0. The van der Waals surface area contributed by atoms with E-state index in [0.29, 0.717) is 33.7 Å². The highest BCUT2D eigenvalue weighted by Gasteiger charge is 2.24. The highest BCUT2D eigenvalue weighted by atomic mass is 32.2. The third-order valence-electron chi connectivity index (χ3n) is 5.56. The molecule has 0 fully saturated rings. The fourth-order valence-electron chi connectivity index (χ4n) is 3.80. The Morgan fingerprint density at radius 3 is 2.59 bits per heavy atom. The summed E-state index contributed by atoms with van der Waals surface area (Å²) in [5.41, 5.74) is 1.83. The minimum atomic E-state index is -0.818. The van der Waals surface area contributed by atoms with Crippen LogP contribution >= 0.6 is 23.1 Å². The van der Waals surface area contributed by atoms with Gasteiger partial charge in [-0.3, -0.25) is 4.79 Å². The van der Waals surface area contributed by atoms with Crippen molar-refractivity contribution >= 4 is 40.0 Å². The summed E-state index contributed by atoms with van der Waals surface area (Å²) in [6.07, 6.45) is -0.685. The number of ether oxygens (including phenoxy) is 2. The Bertz CT molecular complexity index is 1460. The molecule has 0 bridgehead atoms. The van der Waals surface area contributed by atoms with E-state index in [1.807, 2.05) is 42.6 Å². The van der Waals surface area contributed by atoms with Gasteiger partial charge in [0.15, 0.2) is 28.7 Å². The molecule has 0 saturated heterocycles. The van der Waals surface area contributed by atoms with Crippen molar-refractivity contribution in [3.05, 3.63) is 76.9 Å². The number of hydrogen-bond donors (Lipinski definition) is 1. The first-order chi connectivity index (χ1) is 18.8. The summed E-state index contributed by atoms with van der Waals surface area (Å²) in [4.78, 5) is 25.6. The van der Waals surface area contributed by atoms with E-state index in [1.54, 1.807) is 18.4 Å². The van der Waals surface area contributed by atoms with Gasteiger partial charge in [-0.1, -0.05) is 42.1 Å². The highest BCUT2D eigenvalue weighted by molar-refractivity contribution is 7.99. The number of benzene rings is 2. The van der Waals surface area contributed by atoms with E-state index in [-0.39, 0.29) is 24.0 Å². The molecule has 1 unspecified atom stereocenters. The molecule has 1 atom stereocenters. The minimum Gasteiger partial charge on any atom is -0.480 e. The predicted octanol–water partition coefficient (Wildman–Crippen LogP) is 6.35. The van der Waals surface area contributed by atoms with E-state index < -0.39 is 23.7 Å². The lowest BCUT2D eigenvalue weighted by Gasteiger charge is -2.16. The lowest BCUT2D eigenvalue weighted by molar-refractivity contribution is -0.113. The molecule has 39 heavy (non-hydrogen) atoms. The third kappa shape index (κ3) is 6.63. The lowest BCUT2D eigenvalue weighted by atomic mass is 10.0. The maximum absolute atomic E-state index is 14.0. The zero-order valence-electron chi connectivity index (χ0n) is 21.4. The van der Waals surface area contributed by atoms with Gasteiger partial charge in [0.1, 0.15) is 16.4 Å². The SMILES string of the molecule is CCOC(=O)c1c(-c2ccccc2)csc1NC(=O)CSc1nnc(C(C)Oc2ccc(F)cc2F)n1CC. The van der Waals surface area contributed by atoms with E-state index in [9.17, 15) is 18.4 Å². The van der Waals surface area contributed by atoms with E-state index in [2.05, 4.69) is 15.5 Å². The number of hydrogen-bond acceptors (Lipinski definition) is 8. The average Bonchev–Trinajstić information content (AvgIpc) is 3.53. The number of esters is 1. The van der Waals surface area contributed by atoms with Crippen molar-refractivity contribution in [2.75, 3.05) is 17.7 Å². The number of anilines is 1. The zero-order chi connectivity index (χ0) is 27.9. The number of carbonyl (C=O) groups is 2. The van der Waals surface area contributed by atoms with Gasteiger partial charge in [0, 0.05) is 23.6 Å². The second-order valence-electron chi connectivity index (χ2n) is 8.20. The van der Waals surface area contributed by atoms with Crippen LogP contribution in [-0.2, 0) is 16.1 Å². The van der Waals surface area contributed by atoms with Gasteiger partial charge >= 0.3 is 5.97 Å². The molecular formula is C27H26F2N4O4S2. The number of rotatable bonds is 11. The molecule has 2 aromatic carbocycles. The number of thioether (sulfide) groups is 1. The number of aromatic nitrogens is 3. The molecule has 4 rings (SSSR count). The molecule has 2 aromatic heterocycles. The van der Waals surface area contributed by atoms with Crippen LogP contribution in [0.15, 0.2) is 59.1 Å². The Morgan fingerprint density at radius 2 is 1.90 bits per heavy atom. The maximum atomic E-state index is 14.0. The Hall–Kier alpha value is -3.77. The van der Waals surface area contributed by atoms with Crippen molar-refractivity contribution in [2.24, 2.45) is 0 Å². The molecule has 12 heteroatoms. The van der Waals surface area contributed by atoms with Crippen LogP contribution in [0.3, 0.4) is 0 Å². The summed E-state index contributed by atoms with van der Waals surface area (Å²) in [6, 6.07) is 12.5. The van der Waals surface area contributed by atoms with Crippen LogP contribution in [0.4, 0.5) is 13.8 Å². The Kier molecular flexibility index (Phi) is 9.31. The van der Waals surface area contributed by atoms with Gasteiger partial charge in [0.25, 0.3) is 0 Å². The van der Waals surface area contributed by atoms with Gasteiger partial charge in [-0.2, -0.15) is 0 Å². The van der Waals surface area contributed by atoms with Crippen LogP contribution in [0.1, 0.15) is 43.1 Å². The number of halogens is 2. The normalized spacial score (nSPS) is 11.7. The summed E-state index contributed by atoms with van der Waals surface area (Å²) >= 11 is 2.41. The van der Waals surface area contributed by atoms with Crippen LogP contribution in [0.5, 0.6) is 5.75 Å². The van der Waals surface area contributed by atoms with Crippen LogP contribution in [0.25, 0.3) is 11.1 Å². The molecule has 0 saturated carbocycles. The summed E-state index contributed by atoms with van der Waals surface area (Å²) in [6.45, 7) is 5.96. The lowest BCUT2D eigenvalue weighted by Crippen LogP contribution is -2.17. The highest BCUT2D eigenvalue weighted by Crippen LogP contribution is 2.36. The molecule has 8 nitrogen and oxygen atoms in total. The van der Waals surface area contributed by atoms with E-state index in [0.717, 1.165) is 29.5 Å². The van der Waals surface area contributed by atoms with Crippen LogP contribution in [0, 0.1) is 11.6 Å². The molecule has 0 radical (unpaired) electrons. The number of amides is 1. The van der Waals surface area contributed by atoms with Gasteiger partial charge in [-0.05, 0) is 38.5 Å². The Morgan fingerprint density at radius 1 is 1.13 bits per heavy atom. The molecule has 0 aliphatic rings. The molecule has 1 N–H and O–H groups in total. The first-order valence-corrected chi connectivity index (χ1v) is 14.0. The smallest absolute Gasteiger partial charge is 0.341 e. The van der Waals surface area contributed by atoms with Crippen molar-refractivity contribution in [1.82, 2.24) is 14.8 Å². The molecule has 0 aliphatic carbocycles. The largest absolute Gasteiger partial charge is 0.480 e. The first kappa shape index (κ1) is 28.2. The zero-order valence-corrected chi connectivity index (χ0v) is 23.1. The van der Waals surface area contributed by atoms with Crippen molar-refractivity contribution in [1.29, 1.82) is 0 Å². The van der Waals surface area contributed by atoms with Crippen molar-refractivity contribution < 1.29 is 27.8 Å². The Balaban J connectivity index is 1.46. The van der Waals surface area contributed by atoms with Gasteiger partial charge in [0.2, 0.25) is 5.91 Å². The predicted molar refractivity (Wildman–Crippen MR) is 146 cm³/mol. The molecular weight excluding hydrogens is 546 g/mol. The number of nitrogens with one attached hydrogen (secondary N) is 1. The Labute approximate surface area is 232 Å². The topological polar surface area (TPSA) is 95.3 Å². The minimum absolute atomic E-state index is 0.000791. The number of carbonyl (C=O) groups excluding carboxylic acids is 2. The van der Waals surface area contributed by atoms with Gasteiger partial charge < -0.3 is 19.4 Å². The molecule has 1 amide bonds. The van der Waals surface area contributed by atoms with Gasteiger partial charge in [-0.15, -0.1) is 21.5 Å². The van der Waals surface area contributed by atoms with Gasteiger partial charge in [-0.25, -0.2) is 13.6 Å². The van der Waals surface area contributed by atoms with E-state index in [4.69, 9.17) is 9.47 Å². The van der Waals surface area contributed by atoms with Gasteiger partial charge in [0.05, 0.1) is 12.4 Å².